The van der Waals surface area contributed by atoms with E-state index in [4.69, 9.17) is 5.11 Å². The second-order valence-corrected chi connectivity index (χ2v) is 3.19. The molecule has 0 heterocycles. The second-order valence-electron chi connectivity index (χ2n) is 3.19. The van der Waals surface area contributed by atoms with Crippen LogP contribution in [-0.2, 0) is 0 Å². The van der Waals surface area contributed by atoms with Crippen molar-refractivity contribution < 1.29 is 5.11 Å². The summed E-state index contributed by atoms with van der Waals surface area (Å²) in [7, 11) is 1.81. The molecule has 0 fully saturated rings. The molecule has 0 bridgehead atoms. The average Bonchev–Trinajstić information content (AvgIpc) is 1.98. The minimum Gasteiger partial charge on any atom is -0.393 e. The van der Waals surface area contributed by atoms with Gasteiger partial charge >= 0.3 is 0 Å². The summed E-state index contributed by atoms with van der Waals surface area (Å²) in [5, 5.41) is 9.02. The van der Waals surface area contributed by atoms with Crippen molar-refractivity contribution in [3.63, 3.8) is 0 Å². The highest BCUT2D eigenvalue weighted by Crippen LogP contribution is 2.09. The van der Waals surface area contributed by atoms with Gasteiger partial charge in [0.1, 0.15) is 0 Å². The first-order valence-electron chi connectivity index (χ1n) is 4.19. The normalized spacial score (nSPS) is 18.1. The predicted molar refractivity (Wildman–Crippen MR) is 49.1 cm³/mol. The first-order chi connectivity index (χ1) is 5.07. The lowest BCUT2D eigenvalue weighted by molar-refractivity contribution is 0.178. The van der Waals surface area contributed by atoms with E-state index in [0.29, 0.717) is 5.92 Å². The fourth-order valence-corrected chi connectivity index (χ4v) is 0.920. The van der Waals surface area contributed by atoms with Gasteiger partial charge in [-0.3, -0.25) is 4.99 Å². The molecule has 2 nitrogen and oxygen atoms in total. The SMILES string of the molecule is CN=C(C)C(C)CCC(C)O. The van der Waals surface area contributed by atoms with E-state index in [0.717, 1.165) is 12.8 Å². The van der Waals surface area contributed by atoms with E-state index < -0.39 is 0 Å². The van der Waals surface area contributed by atoms with E-state index in [1.807, 2.05) is 20.9 Å². The van der Waals surface area contributed by atoms with Crippen molar-refractivity contribution in [2.45, 2.75) is 39.7 Å². The topological polar surface area (TPSA) is 32.6 Å². The van der Waals surface area contributed by atoms with Gasteiger partial charge in [-0.25, -0.2) is 0 Å². The predicted octanol–water partition coefficient (Wildman–Crippen LogP) is 1.87. The number of hydrogen-bond acceptors (Lipinski definition) is 2. The molecule has 0 aromatic rings. The number of aliphatic imine (C=N–C) groups is 1. The Labute approximate surface area is 69.3 Å². The number of hydrogen-bond donors (Lipinski definition) is 1. The van der Waals surface area contributed by atoms with Crippen molar-refractivity contribution in [2.24, 2.45) is 10.9 Å². The summed E-state index contributed by atoms with van der Waals surface area (Å²) >= 11 is 0. The molecule has 0 aliphatic carbocycles. The largest absolute Gasteiger partial charge is 0.393 e. The summed E-state index contributed by atoms with van der Waals surface area (Å²) in [6.07, 6.45) is 1.72. The summed E-state index contributed by atoms with van der Waals surface area (Å²) < 4.78 is 0. The zero-order chi connectivity index (χ0) is 8.85. The Hall–Kier alpha value is -0.370. The van der Waals surface area contributed by atoms with E-state index >= 15 is 0 Å². The Morgan fingerprint density at radius 1 is 1.36 bits per heavy atom. The van der Waals surface area contributed by atoms with Gasteiger partial charge in [-0.2, -0.15) is 0 Å². The van der Waals surface area contributed by atoms with Crippen molar-refractivity contribution in [1.29, 1.82) is 0 Å². The van der Waals surface area contributed by atoms with Gasteiger partial charge in [0.05, 0.1) is 6.10 Å². The van der Waals surface area contributed by atoms with Crippen LogP contribution < -0.4 is 0 Å². The van der Waals surface area contributed by atoms with Crippen molar-refractivity contribution in [3.05, 3.63) is 0 Å². The minimum absolute atomic E-state index is 0.179. The molecular weight excluding hydrogens is 138 g/mol. The van der Waals surface area contributed by atoms with Crippen LogP contribution in [0.3, 0.4) is 0 Å². The lowest BCUT2D eigenvalue weighted by Gasteiger charge is -2.11. The Morgan fingerprint density at radius 3 is 2.27 bits per heavy atom. The highest BCUT2D eigenvalue weighted by atomic mass is 16.3. The van der Waals surface area contributed by atoms with Gasteiger partial charge in [0.2, 0.25) is 0 Å². The number of nitrogens with zero attached hydrogens (tertiary/aromatic N) is 1. The molecule has 66 valence electrons. The van der Waals surface area contributed by atoms with Crippen LogP contribution in [0.25, 0.3) is 0 Å². The molecule has 0 amide bonds. The van der Waals surface area contributed by atoms with Gasteiger partial charge in [-0.1, -0.05) is 6.92 Å². The van der Waals surface area contributed by atoms with Gasteiger partial charge in [0.25, 0.3) is 0 Å². The molecule has 2 unspecified atom stereocenters. The molecule has 11 heavy (non-hydrogen) atoms. The lowest BCUT2D eigenvalue weighted by Crippen LogP contribution is -2.10. The molecule has 0 aromatic carbocycles. The molecule has 0 saturated heterocycles. The Bertz CT molecular complexity index is 130. The first kappa shape index (κ1) is 10.6. The van der Waals surface area contributed by atoms with E-state index in [1.165, 1.54) is 5.71 Å². The molecule has 2 atom stereocenters. The third-order valence-electron chi connectivity index (χ3n) is 2.08. The fraction of sp³-hybridized carbons (Fsp3) is 0.889. The fourth-order valence-electron chi connectivity index (χ4n) is 0.920. The van der Waals surface area contributed by atoms with Crippen molar-refractivity contribution in [3.8, 4) is 0 Å². The van der Waals surface area contributed by atoms with Crippen LogP contribution in [0, 0.1) is 5.92 Å². The zero-order valence-electron chi connectivity index (χ0n) is 7.96. The Kier molecular flexibility index (Phi) is 5.12. The molecule has 0 saturated carbocycles. The van der Waals surface area contributed by atoms with E-state index in [9.17, 15) is 0 Å². The molecule has 0 rings (SSSR count). The van der Waals surface area contributed by atoms with Crippen LogP contribution in [0.15, 0.2) is 4.99 Å². The molecule has 0 spiro atoms. The standard InChI is InChI=1S/C9H19NO/c1-7(9(3)10-4)5-6-8(2)11/h7-8,11H,5-6H2,1-4H3. The highest BCUT2D eigenvalue weighted by Gasteiger charge is 2.06. The maximum atomic E-state index is 9.02. The summed E-state index contributed by atoms with van der Waals surface area (Å²) in [5.74, 6) is 0.509. The molecule has 1 N–H and O–H groups in total. The smallest absolute Gasteiger partial charge is 0.0512 e. The van der Waals surface area contributed by atoms with Crippen LogP contribution in [0.5, 0.6) is 0 Å². The third-order valence-corrected chi connectivity index (χ3v) is 2.08. The number of rotatable bonds is 4. The summed E-state index contributed by atoms with van der Waals surface area (Å²) in [4.78, 5) is 4.10. The zero-order valence-corrected chi connectivity index (χ0v) is 7.96. The lowest BCUT2D eigenvalue weighted by atomic mass is 9.99. The van der Waals surface area contributed by atoms with Crippen LogP contribution in [0.2, 0.25) is 0 Å². The van der Waals surface area contributed by atoms with Crippen molar-refractivity contribution in [2.75, 3.05) is 7.05 Å². The van der Waals surface area contributed by atoms with Crippen LogP contribution in [-0.4, -0.2) is 24.0 Å². The second kappa shape index (κ2) is 5.30. The Balaban J connectivity index is 3.61. The molecule has 0 radical (unpaired) electrons. The van der Waals surface area contributed by atoms with Crippen LogP contribution in [0.4, 0.5) is 0 Å². The quantitative estimate of drug-likeness (QED) is 0.621. The van der Waals surface area contributed by atoms with Gasteiger partial charge in [0.15, 0.2) is 0 Å². The van der Waals surface area contributed by atoms with E-state index in [-0.39, 0.29) is 6.10 Å². The molecule has 0 aliphatic heterocycles. The third kappa shape index (κ3) is 4.96. The summed E-state index contributed by atoms with van der Waals surface area (Å²) in [6, 6.07) is 0. The maximum absolute atomic E-state index is 9.02. The van der Waals surface area contributed by atoms with Crippen molar-refractivity contribution >= 4 is 5.71 Å². The van der Waals surface area contributed by atoms with Gasteiger partial charge in [0, 0.05) is 12.8 Å². The highest BCUT2D eigenvalue weighted by molar-refractivity contribution is 5.83. The summed E-state index contributed by atoms with van der Waals surface area (Å²) in [6.45, 7) is 6.00. The van der Waals surface area contributed by atoms with Crippen molar-refractivity contribution in [1.82, 2.24) is 0 Å². The number of aliphatic hydroxyl groups is 1. The molecule has 0 aliphatic rings. The van der Waals surface area contributed by atoms with Gasteiger partial charge in [-0.15, -0.1) is 0 Å². The average molecular weight is 157 g/mol. The van der Waals surface area contributed by atoms with Crippen LogP contribution in [0.1, 0.15) is 33.6 Å². The van der Waals surface area contributed by atoms with Crippen LogP contribution >= 0.6 is 0 Å². The molecule has 0 aromatic heterocycles. The maximum Gasteiger partial charge on any atom is 0.0512 e. The molecular formula is C9H19NO. The minimum atomic E-state index is -0.179. The first-order valence-corrected chi connectivity index (χ1v) is 4.19. The van der Waals surface area contributed by atoms with Gasteiger partial charge < -0.3 is 5.11 Å². The van der Waals surface area contributed by atoms with Gasteiger partial charge in [-0.05, 0) is 32.6 Å². The molecule has 2 heteroatoms. The Morgan fingerprint density at radius 2 is 1.91 bits per heavy atom. The van der Waals surface area contributed by atoms with E-state index in [2.05, 4.69) is 11.9 Å². The number of aliphatic hydroxyl groups excluding tert-OH is 1. The monoisotopic (exact) mass is 157 g/mol. The van der Waals surface area contributed by atoms with E-state index in [1.54, 1.807) is 0 Å². The summed E-state index contributed by atoms with van der Waals surface area (Å²) in [5.41, 5.74) is 1.17.